The van der Waals surface area contributed by atoms with Gasteiger partial charge in [-0.1, -0.05) is 47.5 Å². The Balaban J connectivity index is 0.000000562. The Bertz CT molecular complexity index is 852. The fourth-order valence-electron chi connectivity index (χ4n) is 2.08. The number of carbonyl (C=O) groups excluding carboxylic acids is 2. The van der Waals surface area contributed by atoms with Crippen LogP contribution in [0, 0.1) is 0 Å². The van der Waals surface area contributed by atoms with Crippen LogP contribution in [0.4, 0.5) is 0 Å². The van der Waals surface area contributed by atoms with Crippen molar-refractivity contribution in [2.45, 2.75) is 13.8 Å². The summed E-state index contributed by atoms with van der Waals surface area (Å²) in [7, 11) is 0. The van der Waals surface area contributed by atoms with Gasteiger partial charge < -0.3 is 19.7 Å². The molecule has 0 saturated heterocycles. The summed E-state index contributed by atoms with van der Waals surface area (Å²) < 4.78 is 9.31. The number of aliphatic hydroxyl groups is 2. The first kappa shape index (κ1) is 28.6. The van der Waals surface area contributed by atoms with Gasteiger partial charge in [0.1, 0.15) is 11.5 Å². The van der Waals surface area contributed by atoms with E-state index in [0.717, 1.165) is 12.2 Å². The van der Waals surface area contributed by atoms with Gasteiger partial charge in [0.2, 0.25) is 0 Å². The van der Waals surface area contributed by atoms with E-state index in [1.165, 1.54) is 0 Å². The summed E-state index contributed by atoms with van der Waals surface area (Å²) in [5.74, 6) is -1.57. The first-order valence-corrected chi connectivity index (χ1v) is 9.70. The van der Waals surface area contributed by atoms with Crippen LogP contribution in [-0.2, 0) is 36.1 Å². The zero-order chi connectivity index (χ0) is 22.5. The number of hydrogen-bond acceptors (Lipinski definition) is 6. The molecule has 0 amide bonds. The number of aliphatic hydroxyl groups excluding tert-OH is 2. The van der Waals surface area contributed by atoms with E-state index in [4.69, 9.17) is 23.2 Å². The number of esters is 2. The van der Waals surface area contributed by atoms with Crippen molar-refractivity contribution < 1.29 is 46.3 Å². The van der Waals surface area contributed by atoms with Crippen LogP contribution in [0.15, 0.2) is 60.7 Å². The minimum atomic E-state index is -0.588. The van der Waals surface area contributed by atoms with Crippen LogP contribution in [0.25, 0.3) is 11.5 Å². The van der Waals surface area contributed by atoms with E-state index in [1.54, 1.807) is 62.4 Å². The first-order chi connectivity index (χ1) is 14.3. The van der Waals surface area contributed by atoms with Gasteiger partial charge in [-0.3, -0.25) is 0 Å². The maximum Gasteiger partial charge on any atom is 0.334 e. The first-order valence-electron chi connectivity index (χ1n) is 8.94. The number of hydrogen-bond donors (Lipinski definition) is 2. The van der Waals surface area contributed by atoms with E-state index in [2.05, 4.69) is 9.47 Å². The molecule has 0 saturated carbocycles. The molecule has 0 spiro atoms. The molecule has 31 heavy (non-hydrogen) atoms. The summed E-state index contributed by atoms with van der Waals surface area (Å²) in [6, 6.07) is 13.4. The molecule has 0 bridgehead atoms. The zero-order valence-electron chi connectivity index (χ0n) is 16.8. The molecule has 2 aromatic rings. The standard InChI is InChI=1S/2C11H11ClO3.Cu/c2*1-2-15-11(14)7-10(13)8-5-3-4-6-9(8)12;/h2*3-7,13H,2H2,1H3;/b2*10-7-;. The SMILES string of the molecule is CCOC(=O)/C=C(\O)c1ccccc1Cl.CCOC(=O)/C=C(\O)c1ccccc1Cl.[Cu]. The average Bonchev–Trinajstić information content (AvgIpc) is 2.69. The van der Waals surface area contributed by atoms with Gasteiger partial charge in [0.15, 0.2) is 0 Å². The number of rotatable bonds is 6. The Labute approximate surface area is 201 Å². The molecule has 0 aromatic heterocycles. The Morgan fingerprint density at radius 3 is 1.39 bits per heavy atom. The third-order valence-corrected chi connectivity index (χ3v) is 4.04. The monoisotopic (exact) mass is 515 g/mol. The summed E-state index contributed by atoms with van der Waals surface area (Å²) in [5.41, 5.74) is 0.819. The molecule has 1 radical (unpaired) electrons. The minimum absolute atomic E-state index is 0. The molecule has 0 aliphatic heterocycles. The van der Waals surface area contributed by atoms with Gasteiger partial charge in [0, 0.05) is 28.2 Å². The Morgan fingerprint density at radius 1 is 0.774 bits per heavy atom. The van der Waals surface area contributed by atoms with Crippen LogP contribution < -0.4 is 0 Å². The molecular weight excluding hydrogens is 495 g/mol. The predicted molar refractivity (Wildman–Crippen MR) is 117 cm³/mol. The molecule has 0 aliphatic carbocycles. The molecule has 2 rings (SSSR count). The summed E-state index contributed by atoms with van der Waals surface area (Å²) in [6.07, 6.45) is 2.01. The molecule has 0 fully saturated rings. The largest absolute Gasteiger partial charge is 0.507 e. The average molecular weight is 517 g/mol. The number of benzene rings is 2. The summed E-state index contributed by atoms with van der Waals surface area (Å²) in [4.78, 5) is 22.1. The van der Waals surface area contributed by atoms with Crippen LogP contribution >= 0.6 is 23.2 Å². The quantitative estimate of drug-likeness (QED) is 0.225. The Kier molecular flexibility index (Phi) is 14.2. The zero-order valence-corrected chi connectivity index (χ0v) is 19.2. The summed E-state index contributed by atoms with van der Waals surface area (Å²) in [5, 5.41) is 19.9. The topological polar surface area (TPSA) is 93.1 Å². The van der Waals surface area contributed by atoms with Crippen molar-refractivity contribution in [3.63, 3.8) is 0 Å². The second kappa shape index (κ2) is 15.4. The van der Waals surface area contributed by atoms with Crippen LogP contribution in [-0.4, -0.2) is 35.4 Å². The normalized spacial score (nSPS) is 10.8. The van der Waals surface area contributed by atoms with Crippen molar-refractivity contribution in [3.05, 3.63) is 81.9 Å². The van der Waals surface area contributed by atoms with Crippen molar-refractivity contribution in [2.24, 2.45) is 0 Å². The van der Waals surface area contributed by atoms with Crippen molar-refractivity contribution in [1.82, 2.24) is 0 Å². The maximum atomic E-state index is 11.0. The Morgan fingerprint density at radius 2 is 1.10 bits per heavy atom. The molecule has 171 valence electrons. The van der Waals surface area contributed by atoms with Gasteiger partial charge in [-0.2, -0.15) is 0 Å². The molecule has 0 unspecified atom stereocenters. The van der Waals surface area contributed by atoms with Gasteiger partial charge in [-0.15, -0.1) is 0 Å². The molecular formula is C22H22Cl2CuO6. The van der Waals surface area contributed by atoms with Crippen molar-refractivity contribution in [3.8, 4) is 0 Å². The van der Waals surface area contributed by atoms with Crippen molar-refractivity contribution in [2.75, 3.05) is 13.2 Å². The van der Waals surface area contributed by atoms with Gasteiger partial charge in [-0.25, -0.2) is 9.59 Å². The molecule has 9 heteroatoms. The number of carbonyl (C=O) groups is 2. The Hall–Kier alpha value is -2.44. The molecule has 6 nitrogen and oxygen atoms in total. The van der Waals surface area contributed by atoms with E-state index >= 15 is 0 Å². The van der Waals surface area contributed by atoms with Crippen LogP contribution in [0.3, 0.4) is 0 Å². The van der Waals surface area contributed by atoms with Gasteiger partial charge in [0.25, 0.3) is 0 Å². The van der Waals surface area contributed by atoms with E-state index < -0.39 is 11.9 Å². The van der Waals surface area contributed by atoms with E-state index in [1.807, 2.05) is 0 Å². The molecule has 0 heterocycles. The summed E-state index contributed by atoms with van der Waals surface area (Å²) in [6.45, 7) is 3.92. The van der Waals surface area contributed by atoms with E-state index in [9.17, 15) is 19.8 Å². The van der Waals surface area contributed by atoms with Gasteiger partial charge in [0.05, 0.1) is 35.4 Å². The second-order valence-electron chi connectivity index (χ2n) is 5.52. The van der Waals surface area contributed by atoms with E-state index in [0.29, 0.717) is 21.2 Å². The molecule has 2 N–H and O–H groups in total. The second-order valence-corrected chi connectivity index (χ2v) is 6.34. The van der Waals surface area contributed by atoms with Gasteiger partial charge >= 0.3 is 11.9 Å². The van der Waals surface area contributed by atoms with Crippen LogP contribution in [0.1, 0.15) is 25.0 Å². The van der Waals surface area contributed by atoms with Gasteiger partial charge in [-0.05, 0) is 38.1 Å². The maximum absolute atomic E-state index is 11.0. The predicted octanol–water partition coefficient (Wildman–Crippen LogP) is 5.60. The third kappa shape index (κ3) is 10.4. The summed E-state index contributed by atoms with van der Waals surface area (Å²) >= 11 is 11.7. The fourth-order valence-corrected chi connectivity index (χ4v) is 2.55. The van der Waals surface area contributed by atoms with Crippen LogP contribution in [0.5, 0.6) is 0 Å². The number of ether oxygens (including phenoxy) is 2. The van der Waals surface area contributed by atoms with Crippen LogP contribution in [0.2, 0.25) is 10.0 Å². The third-order valence-electron chi connectivity index (χ3n) is 3.38. The smallest absolute Gasteiger partial charge is 0.334 e. The molecule has 2 aromatic carbocycles. The molecule has 0 atom stereocenters. The van der Waals surface area contributed by atoms with E-state index in [-0.39, 0.29) is 41.8 Å². The van der Waals surface area contributed by atoms with Crippen molar-refractivity contribution >= 4 is 46.7 Å². The number of halogens is 2. The molecule has 0 aliphatic rings. The minimum Gasteiger partial charge on any atom is -0.507 e. The fraction of sp³-hybridized carbons (Fsp3) is 0.182. The van der Waals surface area contributed by atoms with Crippen molar-refractivity contribution in [1.29, 1.82) is 0 Å².